The molecule has 0 spiro atoms. The Morgan fingerprint density at radius 1 is 1.16 bits per heavy atom. The number of hydrogen-bond acceptors (Lipinski definition) is 2. The van der Waals surface area contributed by atoms with E-state index < -0.39 is 0 Å². The number of nitrogens with one attached hydrogen (secondary N) is 1. The quantitative estimate of drug-likeness (QED) is 0.795. The molecule has 0 aromatic heterocycles. The van der Waals surface area contributed by atoms with Crippen molar-refractivity contribution in [1.82, 2.24) is 0 Å². The number of nitrogens with two attached hydrogens (primary N) is 1. The van der Waals surface area contributed by atoms with Crippen molar-refractivity contribution in [2.24, 2.45) is 0 Å². The van der Waals surface area contributed by atoms with E-state index in [1.165, 1.54) is 11.6 Å². The predicted molar refractivity (Wildman–Crippen MR) is 78.8 cm³/mol. The Morgan fingerprint density at radius 2 is 1.89 bits per heavy atom. The molecule has 0 radical (unpaired) electrons. The summed E-state index contributed by atoms with van der Waals surface area (Å²) in [7, 11) is 0. The van der Waals surface area contributed by atoms with Crippen LogP contribution in [-0.2, 0) is 0 Å². The molecule has 0 heterocycles. The van der Waals surface area contributed by atoms with Gasteiger partial charge in [0.05, 0.1) is 5.69 Å². The summed E-state index contributed by atoms with van der Waals surface area (Å²) in [6.45, 7) is 2.91. The second-order valence-corrected chi connectivity index (χ2v) is 4.77. The number of nitrogen functional groups attached to an aromatic ring is 1. The second kappa shape index (κ2) is 6.23. The van der Waals surface area contributed by atoms with Crippen LogP contribution in [0.5, 0.6) is 0 Å². The zero-order chi connectivity index (χ0) is 13.7. The summed E-state index contributed by atoms with van der Waals surface area (Å²) in [6.07, 6.45) is 0.952. The fourth-order valence-electron chi connectivity index (χ4n) is 2.05. The highest BCUT2D eigenvalue weighted by Crippen LogP contribution is 2.20. The van der Waals surface area contributed by atoms with Crippen LogP contribution in [0.15, 0.2) is 48.5 Å². The van der Waals surface area contributed by atoms with Gasteiger partial charge in [-0.25, -0.2) is 4.39 Å². The van der Waals surface area contributed by atoms with Gasteiger partial charge in [0, 0.05) is 12.2 Å². The minimum Gasteiger partial charge on any atom is -0.399 e. The van der Waals surface area contributed by atoms with Gasteiger partial charge in [-0.15, -0.1) is 0 Å². The molecule has 2 aromatic carbocycles. The van der Waals surface area contributed by atoms with E-state index in [4.69, 9.17) is 5.73 Å². The zero-order valence-electron chi connectivity index (χ0n) is 11.1. The fourth-order valence-corrected chi connectivity index (χ4v) is 2.05. The smallest absolute Gasteiger partial charge is 0.148 e. The van der Waals surface area contributed by atoms with Crippen molar-refractivity contribution in [3.63, 3.8) is 0 Å². The second-order valence-electron chi connectivity index (χ2n) is 4.77. The molecule has 0 aliphatic carbocycles. The van der Waals surface area contributed by atoms with Gasteiger partial charge in [-0.05, 0) is 36.1 Å². The lowest BCUT2D eigenvalue weighted by atomic mass is 9.98. The summed E-state index contributed by atoms with van der Waals surface area (Å²) < 4.78 is 13.6. The van der Waals surface area contributed by atoms with E-state index in [0.29, 0.717) is 17.3 Å². The van der Waals surface area contributed by atoms with E-state index in [9.17, 15) is 4.39 Å². The Bertz CT molecular complexity index is 526. The average Bonchev–Trinajstić information content (AvgIpc) is 2.42. The molecule has 2 nitrogen and oxygen atoms in total. The minimum atomic E-state index is -0.299. The first-order valence-electron chi connectivity index (χ1n) is 6.50. The molecule has 0 saturated heterocycles. The van der Waals surface area contributed by atoms with Gasteiger partial charge in [0.25, 0.3) is 0 Å². The summed E-state index contributed by atoms with van der Waals surface area (Å²) >= 11 is 0. The lowest BCUT2D eigenvalue weighted by Crippen LogP contribution is -2.07. The van der Waals surface area contributed by atoms with Crippen LogP contribution >= 0.6 is 0 Å². The third-order valence-corrected chi connectivity index (χ3v) is 3.25. The summed E-state index contributed by atoms with van der Waals surface area (Å²) in [6, 6.07) is 15.0. The van der Waals surface area contributed by atoms with Crippen LogP contribution in [0.3, 0.4) is 0 Å². The number of anilines is 2. The Kier molecular flexibility index (Phi) is 4.39. The molecule has 0 saturated carbocycles. The third-order valence-electron chi connectivity index (χ3n) is 3.25. The standard InChI is InChI=1S/C16H19FN2/c1-12(13-5-3-2-4-6-13)9-10-19-16-8-7-14(18)11-15(16)17/h2-8,11-12,19H,9-10,18H2,1H3. The first kappa shape index (κ1) is 13.4. The van der Waals surface area contributed by atoms with E-state index in [1.807, 2.05) is 18.2 Å². The lowest BCUT2D eigenvalue weighted by Gasteiger charge is -2.13. The molecular weight excluding hydrogens is 239 g/mol. The van der Waals surface area contributed by atoms with Crippen molar-refractivity contribution in [1.29, 1.82) is 0 Å². The normalized spacial score (nSPS) is 12.1. The van der Waals surface area contributed by atoms with Gasteiger partial charge in [-0.2, -0.15) is 0 Å². The minimum absolute atomic E-state index is 0.299. The van der Waals surface area contributed by atoms with Crippen molar-refractivity contribution in [2.75, 3.05) is 17.6 Å². The molecule has 0 fully saturated rings. The molecule has 1 atom stereocenters. The molecule has 1 unspecified atom stereocenters. The molecule has 0 aliphatic heterocycles. The molecule has 2 aromatic rings. The maximum atomic E-state index is 13.6. The van der Waals surface area contributed by atoms with Crippen LogP contribution < -0.4 is 11.1 Å². The summed E-state index contributed by atoms with van der Waals surface area (Å²) in [5.74, 6) is 0.151. The molecule has 0 bridgehead atoms. The van der Waals surface area contributed by atoms with Gasteiger partial charge in [-0.1, -0.05) is 37.3 Å². The van der Waals surface area contributed by atoms with E-state index in [1.54, 1.807) is 12.1 Å². The Labute approximate surface area is 113 Å². The third kappa shape index (κ3) is 3.71. The first-order chi connectivity index (χ1) is 9.16. The maximum absolute atomic E-state index is 13.6. The zero-order valence-corrected chi connectivity index (χ0v) is 11.1. The molecule has 3 N–H and O–H groups in total. The van der Waals surface area contributed by atoms with Crippen LogP contribution in [0.2, 0.25) is 0 Å². The van der Waals surface area contributed by atoms with Gasteiger partial charge in [0.15, 0.2) is 0 Å². The van der Waals surface area contributed by atoms with Crippen molar-refractivity contribution in [3.05, 3.63) is 59.9 Å². The lowest BCUT2D eigenvalue weighted by molar-refractivity contribution is 0.628. The maximum Gasteiger partial charge on any atom is 0.148 e. The summed E-state index contributed by atoms with van der Waals surface area (Å²) in [4.78, 5) is 0. The van der Waals surface area contributed by atoms with E-state index in [-0.39, 0.29) is 5.82 Å². The summed E-state index contributed by atoms with van der Waals surface area (Å²) in [5.41, 5.74) is 7.77. The Morgan fingerprint density at radius 3 is 2.58 bits per heavy atom. The van der Waals surface area contributed by atoms with E-state index >= 15 is 0 Å². The molecule has 0 aliphatic rings. The Balaban J connectivity index is 1.86. The predicted octanol–water partition coefficient (Wildman–Crippen LogP) is 4.01. The van der Waals surface area contributed by atoms with E-state index in [0.717, 1.165) is 13.0 Å². The van der Waals surface area contributed by atoms with Gasteiger partial charge in [0.2, 0.25) is 0 Å². The molecular formula is C16H19FN2. The highest BCUT2D eigenvalue weighted by Gasteiger charge is 2.06. The molecule has 100 valence electrons. The molecule has 2 rings (SSSR count). The SMILES string of the molecule is CC(CCNc1ccc(N)cc1F)c1ccccc1. The van der Waals surface area contributed by atoms with Crippen molar-refractivity contribution < 1.29 is 4.39 Å². The highest BCUT2D eigenvalue weighted by molar-refractivity contribution is 5.52. The fraction of sp³-hybridized carbons (Fsp3) is 0.250. The topological polar surface area (TPSA) is 38.0 Å². The van der Waals surface area contributed by atoms with Crippen molar-refractivity contribution in [3.8, 4) is 0 Å². The van der Waals surface area contributed by atoms with Crippen molar-refractivity contribution in [2.45, 2.75) is 19.3 Å². The van der Waals surface area contributed by atoms with Gasteiger partial charge < -0.3 is 11.1 Å². The number of rotatable bonds is 5. The molecule has 0 amide bonds. The first-order valence-corrected chi connectivity index (χ1v) is 6.50. The molecule has 19 heavy (non-hydrogen) atoms. The van der Waals surface area contributed by atoms with Crippen LogP contribution in [0.4, 0.5) is 15.8 Å². The highest BCUT2D eigenvalue weighted by atomic mass is 19.1. The number of benzene rings is 2. The van der Waals surface area contributed by atoms with Crippen LogP contribution in [0.25, 0.3) is 0 Å². The molecule has 3 heteroatoms. The van der Waals surface area contributed by atoms with E-state index in [2.05, 4.69) is 24.4 Å². The van der Waals surface area contributed by atoms with Gasteiger partial charge >= 0.3 is 0 Å². The largest absolute Gasteiger partial charge is 0.399 e. The average molecular weight is 258 g/mol. The number of hydrogen-bond donors (Lipinski definition) is 2. The van der Waals surface area contributed by atoms with Gasteiger partial charge in [0.1, 0.15) is 5.82 Å². The number of halogens is 1. The van der Waals surface area contributed by atoms with Crippen LogP contribution in [-0.4, -0.2) is 6.54 Å². The monoisotopic (exact) mass is 258 g/mol. The van der Waals surface area contributed by atoms with Crippen LogP contribution in [0, 0.1) is 5.82 Å². The Hall–Kier alpha value is -2.03. The summed E-state index contributed by atoms with van der Waals surface area (Å²) in [5, 5.41) is 3.11. The van der Waals surface area contributed by atoms with Crippen molar-refractivity contribution >= 4 is 11.4 Å². The van der Waals surface area contributed by atoms with Gasteiger partial charge in [-0.3, -0.25) is 0 Å². The van der Waals surface area contributed by atoms with Crippen LogP contribution in [0.1, 0.15) is 24.8 Å².